The highest BCUT2D eigenvalue weighted by Crippen LogP contribution is 2.31. The van der Waals surface area contributed by atoms with E-state index in [0.717, 1.165) is 38.6 Å². The second-order valence-electron chi connectivity index (χ2n) is 7.69. The summed E-state index contributed by atoms with van der Waals surface area (Å²) in [6, 6.07) is 23.9. The van der Waals surface area contributed by atoms with Gasteiger partial charge in [0.25, 0.3) is 0 Å². The molecule has 0 aliphatic heterocycles. The first-order valence-electron chi connectivity index (χ1n) is 10.6. The molecule has 5 aromatic rings. The Bertz CT molecular complexity index is 1400. The fourth-order valence-electron chi connectivity index (χ4n) is 4.08. The van der Waals surface area contributed by atoms with Crippen LogP contribution in [-0.4, -0.2) is 15.9 Å². The number of aryl methyl sites for hydroxylation is 1. The summed E-state index contributed by atoms with van der Waals surface area (Å²) in [5.41, 5.74) is 3.45. The number of aromatic nitrogens is 2. The maximum absolute atomic E-state index is 13.9. The summed E-state index contributed by atoms with van der Waals surface area (Å²) >= 11 is 0. The van der Waals surface area contributed by atoms with Crippen LogP contribution < -0.4 is 4.74 Å². The molecule has 0 spiro atoms. The fraction of sp³-hybridized carbons (Fsp3) is 0.111. The second-order valence-corrected chi connectivity index (χ2v) is 7.69. The van der Waals surface area contributed by atoms with E-state index in [-0.39, 0.29) is 18.2 Å². The van der Waals surface area contributed by atoms with E-state index in [2.05, 4.69) is 9.97 Å². The van der Waals surface area contributed by atoms with Crippen molar-refractivity contribution in [1.29, 1.82) is 0 Å². The minimum absolute atomic E-state index is 0.257. The van der Waals surface area contributed by atoms with Crippen LogP contribution in [0.4, 0.5) is 4.39 Å². The number of carbonyl (C=O) groups excluding carboxylic acids is 1. The summed E-state index contributed by atoms with van der Waals surface area (Å²) in [4.78, 5) is 20.4. The molecule has 0 aliphatic carbocycles. The molecule has 5 rings (SSSR count). The normalized spacial score (nSPS) is 11.2. The highest BCUT2D eigenvalue weighted by molar-refractivity contribution is 5.91. The average molecular weight is 424 g/mol. The molecule has 32 heavy (non-hydrogen) atoms. The molecule has 0 saturated heterocycles. The summed E-state index contributed by atoms with van der Waals surface area (Å²) in [7, 11) is 0. The zero-order valence-electron chi connectivity index (χ0n) is 17.3. The number of pyridine rings is 1. The Morgan fingerprint density at radius 1 is 0.938 bits per heavy atom. The van der Waals surface area contributed by atoms with E-state index in [4.69, 9.17) is 4.74 Å². The molecule has 2 heterocycles. The van der Waals surface area contributed by atoms with E-state index in [1.807, 2.05) is 60.7 Å². The van der Waals surface area contributed by atoms with E-state index < -0.39 is 0 Å². The first-order chi connectivity index (χ1) is 15.7. The van der Waals surface area contributed by atoms with Crippen LogP contribution in [0.3, 0.4) is 0 Å². The molecule has 1 N–H and O–H groups in total. The SMILES string of the molecule is O=C(CCCc1c(-c2ccccn2)[nH]c2ccc(F)cc12)Oc1cccc2ccccc12. The lowest BCUT2D eigenvalue weighted by Gasteiger charge is -2.08. The van der Waals surface area contributed by atoms with E-state index in [1.54, 1.807) is 12.3 Å². The van der Waals surface area contributed by atoms with E-state index in [0.29, 0.717) is 18.6 Å². The van der Waals surface area contributed by atoms with Crippen molar-refractivity contribution >= 4 is 27.6 Å². The van der Waals surface area contributed by atoms with Crippen LogP contribution in [0.5, 0.6) is 5.75 Å². The molecule has 3 aromatic carbocycles. The number of hydrogen-bond acceptors (Lipinski definition) is 3. The number of halogens is 1. The van der Waals surface area contributed by atoms with Crippen molar-refractivity contribution in [3.8, 4) is 17.1 Å². The third-order valence-electron chi connectivity index (χ3n) is 5.57. The van der Waals surface area contributed by atoms with Crippen LogP contribution in [0.2, 0.25) is 0 Å². The van der Waals surface area contributed by atoms with Crippen LogP contribution >= 0.6 is 0 Å². The first-order valence-corrected chi connectivity index (χ1v) is 10.6. The molecule has 2 aromatic heterocycles. The lowest BCUT2D eigenvalue weighted by molar-refractivity contribution is -0.134. The van der Waals surface area contributed by atoms with Crippen molar-refractivity contribution in [2.75, 3.05) is 0 Å². The Morgan fingerprint density at radius 2 is 1.78 bits per heavy atom. The van der Waals surface area contributed by atoms with Crippen molar-refractivity contribution in [2.45, 2.75) is 19.3 Å². The summed E-state index contributed by atoms with van der Waals surface area (Å²) in [6.45, 7) is 0. The van der Waals surface area contributed by atoms with E-state index >= 15 is 0 Å². The quantitative estimate of drug-likeness (QED) is 0.252. The van der Waals surface area contributed by atoms with Gasteiger partial charge in [0.15, 0.2) is 0 Å². The third kappa shape index (κ3) is 3.97. The molecule has 0 atom stereocenters. The number of carbonyl (C=O) groups is 1. The van der Waals surface area contributed by atoms with Crippen molar-refractivity contribution in [3.63, 3.8) is 0 Å². The highest BCUT2D eigenvalue weighted by Gasteiger charge is 2.16. The molecule has 158 valence electrons. The van der Waals surface area contributed by atoms with Gasteiger partial charge in [0.2, 0.25) is 0 Å². The highest BCUT2D eigenvalue weighted by atomic mass is 19.1. The number of ether oxygens (including phenoxy) is 1. The van der Waals surface area contributed by atoms with Gasteiger partial charge in [0.1, 0.15) is 11.6 Å². The molecule has 0 saturated carbocycles. The largest absolute Gasteiger partial charge is 0.426 e. The Kier molecular flexibility index (Phi) is 5.38. The monoisotopic (exact) mass is 424 g/mol. The van der Waals surface area contributed by atoms with Gasteiger partial charge in [-0.25, -0.2) is 4.39 Å². The maximum Gasteiger partial charge on any atom is 0.311 e. The van der Waals surface area contributed by atoms with Crippen molar-refractivity contribution < 1.29 is 13.9 Å². The number of aromatic amines is 1. The standard InChI is InChI=1S/C27H21FN2O2/c28-19-14-15-23-22(17-19)21(27(30-23)24-11-3-4-16-29-24)10-6-13-26(31)32-25-12-5-8-18-7-1-2-9-20(18)25/h1-5,7-9,11-12,14-17,30H,6,10,13H2. The second kappa shape index (κ2) is 8.63. The Balaban J connectivity index is 1.35. The molecule has 0 radical (unpaired) electrons. The lowest BCUT2D eigenvalue weighted by Crippen LogP contribution is -2.08. The van der Waals surface area contributed by atoms with Gasteiger partial charge in [-0.3, -0.25) is 9.78 Å². The zero-order chi connectivity index (χ0) is 21.9. The summed E-state index contributed by atoms with van der Waals surface area (Å²) in [5, 5.41) is 2.75. The third-order valence-corrected chi connectivity index (χ3v) is 5.57. The lowest BCUT2D eigenvalue weighted by atomic mass is 10.0. The summed E-state index contributed by atoms with van der Waals surface area (Å²) in [6.07, 6.45) is 3.16. The van der Waals surface area contributed by atoms with Crippen molar-refractivity contribution in [1.82, 2.24) is 9.97 Å². The van der Waals surface area contributed by atoms with Crippen LogP contribution in [0.15, 0.2) is 85.1 Å². The maximum atomic E-state index is 13.9. The number of rotatable bonds is 6. The van der Waals surface area contributed by atoms with Gasteiger partial charge in [0.05, 0.1) is 11.4 Å². The van der Waals surface area contributed by atoms with Gasteiger partial charge in [0, 0.05) is 28.9 Å². The van der Waals surface area contributed by atoms with Gasteiger partial charge >= 0.3 is 5.97 Å². The van der Waals surface area contributed by atoms with Gasteiger partial charge < -0.3 is 9.72 Å². The summed E-state index contributed by atoms with van der Waals surface area (Å²) < 4.78 is 19.6. The van der Waals surface area contributed by atoms with Crippen molar-refractivity contribution in [3.05, 3.63) is 96.4 Å². The van der Waals surface area contributed by atoms with Crippen molar-refractivity contribution in [2.24, 2.45) is 0 Å². The first kappa shape index (κ1) is 19.9. The summed E-state index contributed by atoms with van der Waals surface area (Å²) in [5.74, 6) is -0.0103. The molecule has 0 unspecified atom stereocenters. The Hall–Kier alpha value is -3.99. The van der Waals surface area contributed by atoms with E-state index in [9.17, 15) is 9.18 Å². The molecule has 0 bridgehead atoms. The Labute approximate surface area is 184 Å². The molecule has 0 aliphatic rings. The predicted octanol–water partition coefficient (Wildman–Crippen LogP) is 6.45. The van der Waals surface area contributed by atoms with Gasteiger partial charge in [-0.05, 0) is 60.2 Å². The number of nitrogens with one attached hydrogen (secondary N) is 1. The molecular weight excluding hydrogens is 403 g/mol. The smallest absolute Gasteiger partial charge is 0.311 e. The number of nitrogens with zero attached hydrogens (tertiary/aromatic N) is 1. The fourth-order valence-corrected chi connectivity index (χ4v) is 4.08. The minimum Gasteiger partial charge on any atom is -0.426 e. The van der Waals surface area contributed by atoms with Crippen LogP contribution in [0.1, 0.15) is 18.4 Å². The van der Waals surface area contributed by atoms with Gasteiger partial charge in [-0.2, -0.15) is 0 Å². The molecular formula is C27H21FN2O2. The number of fused-ring (bicyclic) bond motifs is 2. The van der Waals surface area contributed by atoms with Crippen LogP contribution in [0.25, 0.3) is 33.1 Å². The zero-order valence-corrected chi connectivity index (χ0v) is 17.3. The number of H-pyrrole nitrogens is 1. The number of benzene rings is 3. The van der Waals surface area contributed by atoms with Crippen LogP contribution in [-0.2, 0) is 11.2 Å². The molecule has 0 fully saturated rings. The van der Waals surface area contributed by atoms with E-state index in [1.165, 1.54) is 12.1 Å². The van der Waals surface area contributed by atoms with Gasteiger partial charge in [-0.15, -0.1) is 0 Å². The number of esters is 1. The predicted molar refractivity (Wildman–Crippen MR) is 124 cm³/mol. The molecule has 4 nitrogen and oxygen atoms in total. The number of hydrogen-bond donors (Lipinski definition) is 1. The molecule has 5 heteroatoms. The topological polar surface area (TPSA) is 55.0 Å². The average Bonchev–Trinajstić information content (AvgIpc) is 3.17. The van der Waals surface area contributed by atoms with Gasteiger partial charge in [-0.1, -0.05) is 42.5 Å². The minimum atomic E-state index is -0.291. The van der Waals surface area contributed by atoms with Crippen LogP contribution in [0, 0.1) is 5.82 Å². The Morgan fingerprint density at radius 3 is 2.66 bits per heavy atom. The molecule has 0 amide bonds.